The maximum Gasteiger partial charge on any atom is 0.331 e. The molecule has 0 saturated carbocycles. The fourth-order valence-electron chi connectivity index (χ4n) is 0.339. The molecule has 0 aliphatic carbocycles. The van der Waals surface area contributed by atoms with Gasteiger partial charge in [0, 0.05) is 11.1 Å². The van der Waals surface area contributed by atoms with Crippen molar-refractivity contribution in [3.63, 3.8) is 0 Å². The molecule has 0 spiro atoms. The molecule has 0 aliphatic heterocycles. The van der Waals surface area contributed by atoms with Crippen molar-refractivity contribution in [2.24, 2.45) is 0 Å². The zero-order valence-corrected chi connectivity index (χ0v) is 8.09. The number of carboxylic acids is 2. The van der Waals surface area contributed by atoms with Crippen molar-refractivity contribution >= 4 is 23.7 Å². The first-order valence-electron chi connectivity index (χ1n) is 3.40. The van der Waals surface area contributed by atoms with Crippen LogP contribution in [0.5, 0.6) is 0 Å². The highest BCUT2D eigenvalue weighted by Crippen LogP contribution is 2.11. The van der Waals surface area contributed by atoms with Crippen LogP contribution in [0.2, 0.25) is 0 Å². The molecule has 0 bridgehead atoms. The van der Waals surface area contributed by atoms with Crippen LogP contribution in [0.4, 0.5) is 0 Å². The van der Waals surface area contributed by atoms with Gasteiger partial charge in [0.1, 0.15) is 0 Å². The molecule has 0 saturated heterocycles. The maximum absolute atomic E-state index is 10.3. The lowest BCUT2D eigenvalue weighted by atomic mass is 10.4. The summed E-state index contributed by atoms with van der Waals surface area (Å²) in [4.78, 5) is 20.6. The molecule has 0 unspecified atom stereocenters. The highest BCUT2D eigenvalue weighted by atomic mass is 32.2. The van der Waals surface area contributed by atoms with Crippen molar-refractivity contribution in [1.29, 1.82) is 0 Å². The van der Waals surface area contributed by atoms with Crippen molar-refractivity contribution in [2.45, 2.75) is 13.8 Å². The van der Waals surface area contributed by atoms with Crippen LogP contribution in [0, 0.1) is 0 Å². The molecule has 4 nitrogen and oxygen atoms in total. The van der Waals surface area contributed by atoms with Gasteiger partial charge in [-0.05, 0) is 24.7 Å². The van der Waals surface area contributed by atoms with E-state index in [1.54, 1.807) is 0 Å². The van der Waals surface area contributed by atoms with Crippen molar-refractivity contribution in [2.75, 3.05) is 0 Å². The van der Waals surface area contributed by atoms with E-state index in [4.69, 9.17) is 10.2 Å². The molecule has 0 aromatic heterocycles. The minimum Gasteiger partial charge on any atom is -0.478 e. The standard InChI is InChI=1S/C8H10O4S/c1-5(7(9)10)3-13-4-6(2)8(11)12/h3-4H,1-2H3,(H,9,10)(H,11,12). The van der Waals surface area contributed by atoms with Crippen molar-refractivity contribution < 1.29 is 19.8 Å². The van der Waals surface area contributed by atoms with E-state index in [0.29, 0.717) is 0 Å². The smallest absolute Gasteiger partial charge is 0.331 e. The fraction of sp³-hybridized carbons (Fsp3) is 0.250. The largest absolute Gasteiger partial charge is 0.478 e. The van der Waals surface area contributed by atoms with Crippen molar-refractivity contribution in [3.8, 4) is 0 Å². The maximum atomic E-state index is 10.3. The molecule has 0 aromatic rings. The van der Waals surface area contributed by atoms with Crippen LogP contribution in [0.15, 0.2) is 22.0 Å². The Labute approximate surface area is 79.9 Å². The second-order valence-electron chi connectivity index (χ2n) is 2.35. The van der Waals surface area contributed by atoms with Gasteiger partial charge in [0.15, 0.2) is 0 Å². The summed E-state index contributed by atoms with van der Waals surface area (Å²) >= 11 is 1.04. The molecule has 0 radical (unpaired) electrons. The fourth-order valence-corrected chi connectivity index (χ4v) is 1.02. The average Bonchev–Trinajstić information content (AvgIpc) is 2.03. The summed E-state index contributed by atoms with van der Waals surface area (Å²) in [6.07, 6.45) is 0. The molecule has 0 fully saturated rings. The third kappa shape index (κ3) is 5.08. The van der Waals surface area contributed by atoms with Crippen molar-refractivity contribution in [3.05, 3.63) is 22.0 Å². The molecular formula is C8H10O4S. The van der Waals surface area contributed by atoms with Crippen LogP contribution in [-0.4, -0.2) is 22.2 Å². The van der Waals surface area contributed by atoms with Crippen LogP contribution in [0.1, 0.15) is 13.8 Å². The van der Waals surface area contributed by atoms with Gasteiger partial charge < -0.3 is 10.2 Å². The molecule has 0 heterocycles. The topological polar surface area (TPSA) is 74.6 Å². The summed E-state index contributed by atoms with van der Waals surface area (Å²) in [5.41, 5.74) is 0.360. The molecule has 2 N–H and O–H groups in total. The van der Waals surface area contributed by atoms with E-state index in [0.717, 1.165) is 11.8 Å². The van der Waals surface area contributed by atoms with Gasteiger partial charge in [-0.15, -0.1) is 11.8 Å². The van der Waals surface area contributed by atoms with Gasteiger partial charge >= 0.3 is 11.9 Å². The van der Waals surface area contributed by atoms with Gasteiger partial charge in [-0.1, -0.05) is 0 Å². The molecule has 0 amide bonds. The van der Waals surface area contributed by atoms with Gasteiger partial charge in [0.2, 0.25) is 0 Å². The number of carboxylic acid groups (broad SMARTS) is 2. The predicted octanol–water partition coefficient (Wildman–Crippen LogP) is 1.70. The monoisotopic (exact) mass is 202 g/mol. The van der Waals surface area contributed by atoms with E-state index in [1.165, 1.54) is 24.7 Å². The number of rotatable bonds is 4. The Hall–Kier alpha value is -1.23. The van der Waals surface area contributed by atoms with E-state index >= 15 is 0 Å². The van der Waals surface area contributed by atoms with Gasteiger partial charge in [-0.25, -0.2) is 9.59 Å². The minimum absolute atomic E-state index is 0.180. The van der Waals surface area contributed by atoms with Gasteiger partial charge in [0.25, 0.3) is 0 Å². The van der Waals surface area contributed by atoms with E-state index in [1.807, 2.05) is 0 Å². The first-order valence-corrected chi connectivity index (χ1v) is 4.35. The highest BCUT2D eigenvalue weighted by Gasteiger charge is 2.00. The van der Waals surface area contributed by atoms with Crippen LogP contribution in [0.3, 0.4) is 0 Å². The molecule has 5 heteroatoms. The number of aliphatic carboxylic acids is 2. The minimum atomic E-state index is -1.01. The lowest BCUT2D eigenvalue weighted by molar-refractivity contribution is -0.133. The Morgan fingerprint density at radius 1 is 1.00 bits per heavy atom. The summed E-state index contributed by atoms with van der Waals surface area (Å²) in [6, 6.07) is 0. The van der Waals surface area contributed by atoms with E-state index < -0.39 is 11.9 Å². The Morgan fingerprint density at radius 3 is 1.54 bits per heavy atom. The summed E-state index contributed by atoms with van der Waals surface area (Å²) in [5.74, 6) is -2.01. The Balaban J connectivity index is 4.19. The number of thioether (sulfide) groups is 1. The van der Waals surface area contributed by atoms with Gasteiger partial charge in [-0.2, -0.15) is 0 Å². The number of hydrogen-bond acceptors (Lipinski definition) is 3. The summed E-state index contributed by atoms with van der Waals surface area (Å²) in [6.45, 7) is 2.89. The van der Waals surface area contributed by atoms with E-state index in [9.17, 15) is 9.59 Å². The Bertz CT molecular complexity index is 250. The predicted molar refractivity (Wildman–Crippen MR) is 50.4 cm³/mol. The molecule has 0 rings (SSSR count). The zero-order chi connectivity index (χ0) is 10.4. The zero-order valence-electron chi connectivity index (χ0n) is 7.27. The van der Waals surface area contributed by atoms with E-state index in [-0.39, 0.29) is 11.1 Å². The second kappa shape index (κ2) is 5.42. The Morgan fingerprint density at radius 2 is 1.31 bits per heavy atom. The molecule has 0 aromatic carbocycles. The number of hydrogen-bond donors (Lipinski definition) is 2. The third-order valence-corrected chi connectivity index (χ3v) is 2.14. The first-order chi connectivity index (χ1) is 5.95. The summed E-state index contributed by atoms with van der Waals surface area (Å²) in [5, 5.41) is 19.6. The van der Waals surface area contributed by atoms with Crippen LogP contribution >= 0.6 is 11.8 Å². The van der Waals surface area contributed by atoms with E-state index in [2.05, 4.69) is 0 Å². The number of carbonyl (C=O) groups is 2. The molecule has 72 valence electrons. The third-order valence-electron chi connectivity index (χ3n) is 1.16. The SMILES string of the molecule is CC(=CSC=C(C)C(=O)O)C(=O)O. The molecular weight excluding hydrogens is 192 g/mol. The quantitative estimate of drug-likeness (QED) is 0.678. The average molecular weight is 202 g/mol. The van der Waals surface area contributed by atoms with Crippen molar-refractivity contribution in [1.82, 2.24) is 0 Å². The molecule has 0 aliphatic rings. The van der Waals surface area contributed by atoms with Gasteiger partial charge in [0.05, 0.1) is 0 Å². The molecule has 0 atom stereocenters. The normalized spacial score (nSPS) is 12.8. The highest BCUT2D eigenvalue weighted by molar-refractivity contribution is 8.05. The lowest BCUT2D eigenvalue weighted by Crippen LogP contribution is -1.95. The lowest BCUT2D eigenvalue weighted by Gasteiger charge is -1.91. The Kier molecular flexibility index (Phi) is 4.91. The summed E-state index contributed by atoms with van der Waals surface area (Å²) in [7, 11) is 0. The first kappa shape index (κ1) is 11.8. The molecule has 13 heavy (non-hydrogen) atoms. The van der Waals surface area contributed by atoms with Crippen LogP contribution in [-0.2, 0) is 9.59 Å². The van der Waals surface area contributed by atoms with Crippen LogP contribution in [0.25, 0.3) is 0 Å². The second-order valence-corrected chi connectivity index (χ2v) is 3.09. The van der Waals surface area contributed by atoms with Crippen LogP contribution < -0.4 is 0 Å². The van der Waals surface area contributed by atoms with Gasteiger partial charge in [-0.3, -0.25) is 0 Å². The summed E-state index contributed by atoms with van der Waals surface area (Å²) < 4.78 is 0.